The second kappa shape index (κ2) is 3.21. The van der Waals surface area contributed by atoms with Gasteiger partial charge in [0.15, 0.2) is 0 Å². The fourth-order valence-electron chi connectivity index (χ4n) is 3.64. The summed E-state index contributed by atoms with van der Waals surface area (Å²) < 4.78 is 0. The highest BCUT2D eigenvalue weighted by atomic mass is 15.3. The highest BCUT2D eigenvalue weighted by Crippen LogP contribution is 2.49. The van der Waals surface area contributed by atoms with Gasteiger partial charge < -0.3 is 5.73 Å². The van der Waals surface area contributed by atoms with E-state index in [0.717, 1.165) is 11.5 Å². The standard InChI is InChI=1S/C12H22N2/c13-10-4-1-2-5-11(10)14-8-12(9-14)6-3-7-12/h10-11H,1-9,13H2/t10-,11-/m1/s1. The molecule has 14 heavy (non-hydrogen) atoms. The summed E-state index contributed by atoms with van der Waals surface area (Å²) in [4.78, 5) is 2.67. The van der Waals surface area contributed by atoms with Crippen molar-refractivity contribution in [3.05, 3.63) is 0 Å². The van der Waals surface area contributed by atoms with E-state index in [2.05, 4.69) is 4.90 Å². The minimum absolute atomic E-state index is 0.473. The Morgan fingerprint density at radius 1 is 1.00 bits per heavy atom. The van der Waals surface area contributed by atoms with Crippen molar-refractivity contribution in [3.63, 3.8) is 0 Å². The molecule has 3 rings (SSSR count). The summed E-state index contributed by atoms with van der Waals surface area (Å²) in [6, 6.07) is 1.20. The lowest BCUT2D eigenvalue weighted by molar-refractivity contribution is -0.0930. The lowest BCUT2D eigenvalue weighted by Gasteiger charge is -2.59. The molecule has 3 aliphatic rings. The highest BCUT2D eigenvalue weighted by molar-refractivity contribution is 5.04. The van der Waals surface area contributed by atoms with Gasteiger partial charge in [0.1, 0.15) is 0 Å². The van der Waals surface area contributed by atoms with Crippen molar-refractivity contribution in [2.45, 2.75) is 57.0 Å². The zero-order valence-corrected chi connectivity index (χ0v) is 9.04. The molecule has 2 heteroatoms. The third-order valence-electron chi connectivity index (χ3n) is 4.74. The van der Waals surface area contributed by atoms with Crippen LogP contribution in [-0.4, -0.2) is 30.1 Å². The van der Waals surface area contributed by atoms with Crippen LogP contribution in [0.3, 0.4) is 0 Å². The molecule has 1 heterocycles. The Morgan fingerprint density at radius 2 is 1.71 bits per heavy atom. The first-order valence-corrected chi connectivity index (χ1v) is 6.29. The van der Waals surface area contributed by atoms with Crippen LogP contribution >= 0.6 is 0 Å². The van der Waals surface area contributed by atoms with Gasteiger partial charge in [0.05, 0.1) is 0 Å². The Hall–Kier alpha value is -0.0800. The lowest BCUT2D eigenvalue weighted by atomic mass is 9.62. The van der Waals surface area contributed by atoms with Gasteiger partial charge in [-0.05, 0) is 31.1 Å². The molecule has 1 aliphatic heterocycles. The summed E-state index contributed by atoms with van der Waals surface area (Å²) >= 11 is 0. The molecule has 0 unspecified atom stereocenters. The molecule has 2 atom stereocenters. The van der Waals surface area contributed by atoms with Crippen LogP contribution in [0, 0.1) is 5.41 Å². The maximum Gasteiger partial charge on any atom is 0.0247 e. The van der Waals surface area contributed by atoms with E-state index in [0.29, 0.717) is 6.04 Å². The van der Waals surface area contributed by atoms with Crippen LogP contribution < -0.4 is 5.73 Å². The van der Waals surface area contributed by atoms with Gasteiger partial charge in [0.2, 0.25) is 0 Å². The second-order valence-electron chi connectivity index (χ2n) is 5.77. The van der Waals surface area contributed by atoms with Crippen LogP contribution in [-0.2, 0) is 0 Å². The molecule has 0 bridgehead atoms. The zero-order valence-electron chi connectivity index (χ0n) is 9.04. The Balaban J connectivity index is 1.56. The Kier molecular flexibility index (Phi) is 2.10. The largest absolute Gasteiger partial charge is 0.326 e. The van der Waals surface area contributed by atoms with Gasteiger partial charge in [-0.25, -0.2) is 0 Å². The van der Waals surface area contributed by atoms with E-state index in [4.69, 9.17) is 5.73 Å². The first kappa shape index (κ1) is 9.17. The van der Waals surface area contributed by atoms with Crippen LogP contribution in [0.25, 0.3) is 0 Å². The molecule has 3 fully saturated rings. The van der Waals surface area contributed by atoms with Crippen molar-refractivity contribution in [3.8, 4) is 0 Å². The first-order chi connectivity index (χ1) is 6.79. The van der Waals surface area contributed by atoms with Crippen molar-refractivity contribution in [1.29, 1.82) is 0 Å². The van der Waals surface area contributed by atoms with Crippen molar-refractivity contribution < 1.29 is 0 Å². The van der Waals surface area contributed by atoms with Gasteiger partial charge in [-0.15, -0.1) is 0 Å². The summed E-state index contributed by atoms with van der Waals surface area (Å²) in [7, 11) is 0. The van der Waals surface area contributed by atoms with Crippen molar-refractivity contribution in [2.75, 3.05) is 13.1 Å². The zero-order chi connectivity index (χ0) is 9.60. The van der Waals surface area contributed by atoms with Crippen LogP contribution in [0.1, 0.15) is 44.9 Å². The van der Waals surface area contributed by atoms with E-state index in [1.165, 1.54) is 58.0 Å². The lowest BCUT2D eigenvalue weighted by Crippen LogP contribution is -2.66. The van der Waals surface area contributed by atoms with E-state index < -0.39 is 0 Å². The van der Waals surface area contributed by atoms with Crippen LogP contribution in [0.4, 0.5) is 0 Å². The van der Waals surface area contributed by atoms with E-state index in [1.54, 1.807) is 0 Å². The maximum absolute atomic E-state index is 6.20. The van der Waals surface area contributed by atoms with Crippen LogP contribution in [0.2, 0.25) is 0 Å². The molecular formula is C12H22N2. The summed E-state index contributed by atoms with van der Waals surface area (Å²) in [5, 5.41) is 0. The second-order valence-corrected chi connectivity index (χ2v) is 5.77. The number of nitrogens with zero attached hydrogens (tertiary/aromatic N) is 1. The minimum Gasteiger partial charge on any atom is -0.326 e. The summed E-state index contributed by atoms with van der Waals surface area (Å²) in [5.41, 5.74) is 6.97. The van der Waals surface area contributed by atoms with Gasteiger partial charge in [0, 0.05) is 25.2 Å². The summed E-state index contributed by atoms with van der Waals surface area (Å²) in [6.07, 6.45) is 9.84. The molecule has 0 aromatic carbocycles. The van der Waals surface area contributed by atoms with Gasteiger partial charge in [-0.2, -0.15) is 0 Å². The van der Waals surface area contributed by atoms with E-state index >= 15 is 0 Å². The molecular weight excluding hydrogens is 172 g/mol. The van der Waals surface area contributed by atoms with Gasteiger partial charge >= 0.3 is 0 Å². The summed E-state index contributed by atoms with van der Waals surface area (Å²) in [6.45, 7) is 2.73. The van der Waals surface area contributed by atoms with E-state index in [1.807, 2.05) is 0 Å². The molecule has 2 saturated carbocycles. The normalized spacial score (nSPS) is 41.8. The molecule has 0 amide bonds. The van der Waals surface area contributed by atoms with Crippen molar-refractivity contribution in [2.24, 2.45) is 11.1 Å². The average molecular weight is 194 g/mol. The molecule has 2 N–H and O–H groups in total. The smallest absolute Gasteiger partial charge is 0.0247 e. The Bertz CT molecular complexity index is 214. The molecule has 2 nitrogen and oxygen atoms in total. The van der Waals surface area contributed by atoms with Crippen LogP contribution in [0.15, 0.2) is 0 Å². The van der Waals surface area contributed by atoms with Crippen molar-refractivity contribution in [1.82, 2.24) is 4.90 Å². The predicted molar refractivity (Wildman–Crippen MR) is 58.1 cm³/mol. The highest BCUT2D eigenvalue weighted by Gasteiger charge is 2.49. The third-order valence-corrected chi connectivity index (χ3v) is 4.74. The van der Waals surface area contributed by atoms with E-state index in [9.17, 15) is 0 Å². The third kappa shape index (κ3) is 1.31. The summed E-state index contributed by atoms with van der Waals surface area (Å²) in [5.74, 6) is 0. The molecule has 1 spiro atoms. The molecule has 0 aromatic rings. The van der Waals surface area contributed by atoms with E-state index in [-0.39, 0.29) is 0 Å². The predicted octanol–water partition coefficient (Wildman–Crippen LogP) is 1.74. The number of rotatable bonds is 1. The molecule has 80 valence electrons. The minimum atomic E-state index is 0.473. The number of hydrogen-bond donors (Lipinski definition) is 1. The van der Waals surface area contributed by atoms with Crippen molar-refractivity contribution >= 4 is 0 Å². The first-order valence-electron chi connectivity index (χ1n) is 6.29. The molecule has 0 radical (unpaired) electrons. The van der Waals surface area contributed by atoms with Gasteiger partial charge in [-0.3, -0.25) is 4.90 Å². The SMILES string of the molecule is N[C@@H]1CCCC[C@H]1N1CC2(CCC2)C1. The monoisotopic (exact) mass is 194 g/mol. The number of hydrogen-bond acceptors (Lipinski definition) is 2. The van der Waals surface area contributed by atoms with Gasteiger partial charge in [0.25, 0.3) is 0 Å². The fourth-order valence-corrected chi connectivity index (χ4v) is 3.64. The maximum atomic E-state index is 6.20. The molecule has 1 saturated heterocycles. The number of likely N-dealkylation sites (tertiary alicyclic amines) is 1. The molecule has 2 aliphatic carbocycles. The topological polar surface area (TPSA) is 29.3 Å². The van der Waals surface area contributed by atoms with Crippen LogP contribution in [0.5, 0.6) is 0 Å². The number of nitrogens with two attached hydrogens (primary N) is 1. The average Bonchev–Trinajstić information content (AvgIpc) is 2.03. The Labute approximate surface area is 86.8 Å². The Morgan fingerprint density at radius 3 is 2.29 bits per heavy atom. The van der Waals surface area contributed by atoms with Gasteiger partial charge in [-0.1, -0.05) is 19.3 Å². The fraction of sp³-hybridized carbons (Fsp3) is 1.00. The molecule has 0 aromatic heterocycles. The quantitative estimate of drug-likeness (QED) is 0.689.